The van der Waals surface area contributed by atoms with E-state index in [0.29, 0.717) is 10.9 Å². The first-order valence-electron chi connectivity index (χ1n) is 4.37. The second-order valence-corrected chi connectivity index (χ2v) is 4.21. The zero-order chi connectivity index (χ0) is 10.7. The molecule has 78 valence electrons. The van der Waals surface area contributed by atoms with Crippen LogP contribution in [0.1, 0.15) is 12.7 Å². The molecule has 1 aliphatic heterocycles. The number of amidine groups is 1. The number of hydrazone groups is 1. The summed E-state index contributed by atoms with van der Waals surface area (Å²) in [4.78, 5) is 15.2. The lowest BCUT2D eigenvalue weighted by Gasteiger charge is -2.13. The van der Waals surface area contributed by atoms with Crippen LogP contribution in [-0.2, 0) is 4.79 Å². The fourth-order valence-corrected chi connectivity index (χ4v) is 1.66. The Bertz CT molecular complexity index is 411. The first kappa shape index (κ1) is 9.97. The average Bonchev–Trinajstić information content (AvgIpc) is 2.73. The van der Waals surface area contributed by atoms with Crippen molar-refractivity contribution in [3.8, 4) is 0 Å². The van der Waals surface area contributed by atoms with Crippen LogP contribution in [0.4, 0.5) is 0 Å². The van der Waals surface area contributed by atoms with Crippen molar-refractivity contribution >= 4 is 29.1 Å². The molecule has 2 heterocycles. The normalized spacial score (nSPS) is 21.5. The van der Waals surface area contributed by atoms with Crippen molar-refractivity contribution in [2.24, 2.45) is 10.1 Å². The lowest BCUT2D eigenvalue weighted by molar-refractivity contribution is -0.120. The van der Waals surface area contributed by atoms with Gasteiger partial charge in [0, 0.05) is 0 Å². The van der Waals surface area contributed by atoms with E-state index in [1.54, 1.807) is 31.5 Å². The molecular weight excluding hydrogens is 214 g/mol. The summed E-state index contributed by atoms with van der Waals surface area (Å²) in [5.41, 5.74) is 2.40. The number of aliphatic imine (C=N–C) groups is 1. The topological polar surface area (TPSA) is 67.0 Å². The van der Waals surface area contributed by atoms with E-state index in [2.05, 4.69) is 15.5 Å². The van der Waals surface area contributed by atoms with E-state index in [0.717, 1.165) is 0 Å². The molecule has 1 aromatic rings. The Morgan fingerprint density at radius 3 is 3.27 bits per heavy atom. The third kappa shape index (κ3) is 2.47. The van der Waals surface area contributed by atoms with Crippen LogP contribution in [-0.4, -0.2) is 22.5 Å². The van der Waals surface area contributed by atoms with Crippen LogP contribution in [0, 0.1) is 0 Å². The van der Waals surface area contributed by atoms with Gasteiger partial charge < -0.3 is 4.42 Å². The van der Waals surface area contributed by atoms with E-state index >= 15 is 0 Å². The lowest BCUT2D eigenvalue weighted by Crippen LogP contribution is -2.32. The molecule has 0 saturated carbocycles. The fourth-order valence-electron chi connectivity index (χ4n) is 0.975. The van der Waals surface area contributed by atoms with E-state index in [1.165, 1.54) is 11.8 Å². The number of carbonyl (C=O) groups is 1. The van der Waals surface area contributed by atoms with Gasteiger partial charge in [0.1, 0.15) is 5.76 Å². The summed E-state index contributed by atoms with van der Waals surface area (Å²) in [6.07, 6.45) is 3.14. The van der Waals surface area contributed by atoms with Gasteiger partial charge in [-0.15, -0.1) is 5.10 Å². The third-order valence-electron chi connectivity index (χ3n) is 1.76. The van der Waals surface area contributed by atoms with Gasteiger partial charge in [-0.25, -0.2) is 10.4 Å². The van der Waals surface area contributed by atoms with Crippen molar-refractivity contribution in [1.29, 1.82) is 0 Å². The van der Waals surface area contributed by atoms with Gasteiger partial charge in [-0.2, -0.15) is 0 Å². The molecule has 1 atom stereocenters. The van der Waals surface area contributed by atoms with Crippen molar-refractivity contribution in [2.45, 2.75) is 12.2 Å². The third-order valence-corrected chi connectivity index (χ3v) is 2.73. The Hall–Kier alpha value is -1.56. The number of furan rings is 1. The van der Waals surface area contributed by atoms with Gasteiger partial charge in [0.15, 0.2) is 0 Å². The van der Waals surface area contributed by atoms with Gasteiger partial charge in [-0.05, 0) is 19.1 Å². The van der Waals surface area contributed by atoms with Gasteiger partial charge in [0.2, 0.25) is 5.17 Å². The SMILES string of the molecule is CC1SC(N=Cc2ccco2)=NNC1=O. The molecular formula is C9H9N3O2S. The van der Waals surface area contributed by atoms with Gasteiger partial charge in [-0.1, -0.05) is 11.8 Å². The predicted molar refractivity (Wildman–Crippen MR) is 58.9 cm³/mol. The van der Waals surface area contributed by atoms with Crippen LogP contribution < -0.4 is 5.43 Å². The minimum Gasteiger partial charge on any atom is -0.463 e. The van der Waals surface area contributed by atoms with Gasteiger partial charge in [0.25, 0.3) is 5.91 Å². The summed E-state index contributed by atoms with van der Waals surface area (Å²) >= 11 is 1.31. The highest BCUT2D eigenvalue weighted by atomic mass is 32.2. The van der Waals surface area contributed by atoms with E-state index in [-0.39, 0.29) is 11.2 Å². The number of rotatable bonds is 1. The zero-order valence-electron chi connectivity index (χ0n) is 8.01. The molecule has 1 N–H and O–H groups in total. The summed E-state index contributed by atoms with van der Waals surface area (Å²) in [5.74, 6) is 0.555. The number of hydrogen-bond donors (Lipinski definition) is 1. The molecule has 0 spiro atoms. The molecule has 0 aliphatic carbocycles. The Labute approximate surface area is 90.6 Å². The largest absolute Gasteiger partial charge is 0.463 e. The minimum absolute atomic E-state index is 0.100. The van der Waals surface area contributed by atoms with E-state index in [4.69, 9.17) is 4.42 Å². The van der Waals surface area contributed by atoms with Crippen LogP contribution in [0.3, 0.4) is 0 Å². The maximum absolute atomic E-state index is 11.1. The summed E-state index contributed by atoms with van der Waals surface area (Å²) in [6.45, 7) is 1.80. The maximum atomic E-state index is 11.1. The first-order chi connectivity index (χ1) is 7.25. The van der Waals surface area contributed by atoms with Crippen molar-refractivity contribution < 1.29 is 9.21 Å². The second kappa shape index (κ2) is 4.31. The molecule has 0 saturated heterocycles. The van der Waals surface area contributed by atoms with Crippen LogP contribution in [0.15, 0.2) is 32.9 Å². The Morgan fingerprint density at radius 1 is 1.73 bits per heavy atom. The molecule has 0 fully saturated rings. The lowest BCUT2D eigenvalue weighted by atomic mass is 10.5. The summed E-state index contributed by atoms with van der Waals surface area (Å²) < 4.78 is 5.07. The van der Waals surface area contributed by atoms with Gasteiger partial charge >= 0.3 is 0 Å². The number of amides is 1. The minimum atomic E-state index is -0.161. The van der Waals surface area contributed by atoms with Gasteiger partial charge in [-0.3, -0.25) is 4.79 Å². The molecule has 15 heavy (non-hydrogen) atoms. The Balaban J connectivity index is 2.04. The second-order valence-electron chi connectivity index (χ2n) is 2.90. The van der Waals surface area contributed by atoms with Crippen molar-refractivity contribution in [2.75, 3.05) is 0 Å². The average molecular weight is 223 g/mol. The molecule has 0 aromatic carbocycles. The van der Waals surface area contributed by atoms with E-state index < -0.39 is 0 Å². The molecule has 0 radical (unpaired) electrons. The van der Waals surface area contributed by atoms with Crippen LogP contribution in [0.2, 0.25) is 0 Å². The van der Waals surface area contributed by atoms with E-state index in [1.807, 2.05) is 0 Å². The summed E-state index contributed by atoms with van der Waals surface area (Å²) in [6, 6.07) is 3.57. The summed E-state index contributed by atoms with van der Waals surface area (Å²) in [7, 11) is 0. The Morgan fingerprint density at radius 2 is 2.60 bits per heavy atom. The highest BCUT2D eigenvalue weighted by Crippen LogP contribution is 2.17. The van der Waals surface area contributed by atoms with Crippen molar-refractivity contribution in [3.05, 3.63) is 24.2 Å². The molecule has 6 heteroatoms. The number of nitrogens with zero attached hydrogens (tertiary/aromatic N) is 2. The molecule has 2 rings (SSSR count). The number of carbonyl (C=O) groups excluding carboxylic acids is 1. The van der Waals surface area contributed by atoms with E-state index in [9.17, 15) is 4.79 Å². The Kier molecular flexibility index (Phi) is 2.86. The predicted octanol–water partition coefficient (Wildman–Crippen LogP) is 1.22. The smallest absolute Gasteiger partial charge is 0.253 e. The highest BCUT2D eigenvalue weighted by molar-refractivity contribution is 8.15. The number of hydrogen-bond acceptors (Lipinski definition) is 5. The zero-order valence-corrected chi connectivity index (χ0v) is 8.82. The standard InChI is InChI=1S/C9H9N3O2S/c1-6-8(13)11-12-9(15-6)10-5-7-3-2-4-14-7/h2-6H,1H3,(H,11,13). The van der Waals surface area contributed by atoms with Crippen LogP contribution >= 0.6 is 11.8 Å². The monoisotopic (exact) mass is 223 g/mol. The molecule has 1 unspecified atom stereocenters. The van der Waals surface area contributed by atoms with Crippen LogP contribution in [0.5, 0.6) is 0 Å². The number of nitrogens with one attached hydrogen (secondary N) is 1. The molecule has 5 nitrogen and oxygen atoms in total. The highest BCUT2D eigenvalue weighted by Gasteiger charge is 2.20. The number of thioether (sulfide) groups is 1. The molecule has 1 aromatic heterocycles. The molecule has 1 aliphatic rings. The molecule has 0 bridgehead atoms. The summed E-state index contributed by atoms with van der Waals surface area (Å²) in [5, 5.41) is 4.17. The van der Waals surface area contributed by atoms with Gasteiger partial charge in [0.05, 0.1) is 17.7 Å². The quantitative estimate of drug-likeness (QED) is 0.728. The molecule has 1 amide bonds. The van der Waals surface area contributed by atoms with Crippen molar-refractivity contribution in [1.82, 2.24) is 5.43 Å². The maximum Gasteiger partial charge on any atom is 0.253 e. The first-order valence-corrected chi connectivity index (χ1v) is 5.25. The van der Waals surface area contributed by atoms with Crippen molar-refractivity contribution in [3.63, 3.8) is 0 Å². The fraction of sp³-hybridized carbons (Fsp3) is 0.222. The van der Waals surface area contributed by atoms with Crippen LogP contribution in [0.25, 0.3) is 0 Å².